The van der Waals surface area contributed by atoms with E-state index in [4.69, 9.17) is 9.97 Å². The van der Waals surface area contributed by atoms with Crippen LogP contribution in [0.25, 0.3) is 210 Å². The van der Waals surface area contributed by atoms with Gasteiger partial charge >= 0.3 is 0 Å². The number of hydrogen-bond acceptors (Lipinski definition) is 2. The largest absolute Gasteiger partial charge is 0.309 e. The number of nitrogens with zero attached hydrogens (tertiary/aromatic N) is 8. The molecule has 0 aliphatic carbocycles. The lowest BCUT2D eigenvalue weighted by Gasteiger charge is -2.13. The number of hydrogen-bond donors (Lipinski definition) is 0. The summed E-state index contributed by atoms with van der Waals surface area (Å²) in [5, 5.41) is 14.4. The molecule has 0 radical (unpaired) electrons. The summed E-state index contributed by atoms with van der Waals surface area (Å²) in [6, 6.07) is 137. The van der Waals surface area contributed by atoms with Gasteiger partial charge in [0.1, 0.15) is 11.6 Å². The molecule has 0 atom stereocenters. The van der Waals surface area contributed by atoms with Crippen LogP contribution in [0.3, 0.4) is 0 Å². The fraction of sp³-hybridized carbons (Fsp3) is 0. The van der Waals surface area contributed by atoms with Gasteiger partial charge in [0.2, 0.25) is 0 Å². The number of aromatic nitrogens is 8. The molecule has 0 amide bonds. The molecule has 502 valence electrons. The van der Waals surface area contributed by atoms with Crippen molar-refractivity contribution in [1.82, 2.24) is 37.4 Å². The summed E-state index contributed by atoms with van der Waals surface area (Å²) < 4.78 is 14.6. The Morgan fingerprint density at radius 3 is 0.759 bits per heavy atom. The second kappa shape index (κ2) is 23.5. The van der Waals surface area contributed by atoms with E-state index in [1.54, 1.807) is 0 Å². The first-order chi connectivity index (χ1) is 53.6. The Labute approximate surface area is 619 Å². The van der Waals surface area contributed by atoms with Crippen LogP contribution in [-0.2, 0) is 0 Å². The molecule has 0 aliphatic heterocycles. The van der Waals surface area contributed by atoms with Gasteiger partial charge in [-0.2, -0.15) is 0 Å². The summed E-state index contributed by atoms with van der Waals surface area (Å²) in [6.07, 6.45) is 0. The molecule has 8 nitrogen and oxygen atoms in total. The number of rotatable bonds is 10. The van der Waals surface area contributed by atoms with Crippen molar-refractivity contribution in [1.29, 1.82) is 0 Å². The minimum absolute atomic E-state index is 0.873. The molecule has 0 bridgehead atoms. The molecule has 108 heavy (non-hydrogen) atoms. The molecule has 0 saturated heterocycles. The van der Waals surface area contributed by atoms with Gasteiger partial charge in [-0.1, -0.05) is 224 Å². The molecular formula is C100H62N8. The number of pyridine rings is 2. The molecule has 0 spiro atoms. The third-order valence-corrected chi connectivity index (χ3v) is 22.6. The van der Waals surface area contributed by atoms with Crippen molar-refractivity contribution in [3.63, 3.8) is 0 Å². The van der Waals surface area contributed by atoms with Gasteiger partial charge in [0.25, 0.3) is 0 Å². The quantitative estimate of drug-likeness (QED) is 0.137. The molecule has 0 saturated carbocycles. The summed E-state index contributed by atoms with van der Waals surface area (Å²) >= 11 is 0. The van der Waals surface area contributed by atoms with Crippen LogP contribution < -0.4 is 0 Å². The topological polar surface area (TPSA) is 55.4 Å². The highest BCUT2D eigenvalue weighted by molar-refractivity contribution is 6.38. The van der Waals surface area contributed by atoms with E-state index < -0.39 is 0 Å². The van der Waals surface area contributed by atoms with E-state index in [0.717, 1.165) is 140 Å². The summed E-state index contributed by atoms with van der Waals surface area (Å²) in [5.41, 5.74) is 26.5. The zero-order valence-corrected chi connectivity index (χ0v) is 58.4. The number of benzene rings is 15. The van der Waals surface area contributed by atoms with Crippen molar-refractivity contribution in [2.75, 3.05) is 0 Å². The highest BCUT2D eigenvalue weighted by Crippen LogP contribution is 2.50. The average Bonchev–Trinajstić information content (AvgIpc) is 1.53. The Morgan fingerprint density at radius 2 is 0.389 bits per heavy atom. The highest BCUT2D eigenvalue weighted by atomic mass is 15.1. The fourth-order valence-electron chi connectivity index (χ4n) is 18.1. The maximum atomic E-state index is 5.42. The van der Waals surface area contributed by atoms with Crippen LogP contribution in [0.5, 0.6) is 0 Å². The Bertz CT molecular complexity index is 7660. The SMILES string of the molecule is c1ccc(-c2cccc(-n3c4ccccc4c4c5c6c7c8ccccc8n(-c8cccc(-c9cccc(-c%10cccc(-n%11c%12ccc%13c(c%14ccccc%14n%13-c%13ccccc%13)c%12c%12c%13c%14ccccc%14n(-c%14cccc(-c%15ccccc%15)n%14)c%13ccc%12%11)c%10)c9)c8)c7ccc6n(-c6ccccc6)c5ccc43)n2)cc1. The van der Waals surface area contributed by atoms with Crippen LogP contribution in [0.1, 0.15) is 0 Å². The van der Waals surface area contributed by atoms with Crippen molar-refractivity contribution in [3.8, 4) is 79.2 Å². The van der Waals surface area contributed by atoms with Gasteiger partial charge in [0.05, 0.1) is 77.6 Å². The van der Waals surface area contributed by atoms with Gasteiger partial charge in [-0.15, -0.1) is 0 Å². The Hall–Kier alpha value is -14.6. The van der Waals surface area contributed by atoms with Crippen molar-refractivity contribution in [2.45, 2.75) is 0 Å². The molecule has 8 heterocycles. The average molecular weight is 1380 g/mol. The standard InChI is InChI=1S/C100H62N8/c1-5-26-63(27-6-1)77-44-24-50-91(101-77)107-81-48-19-15-42-75(81)95-85(107)54-58-88-98(95)97-87(104(88)70-36-11-4-12-37-70)56-53-84-94(97)74-41-14-18-47-80(74)105(84)71-38-22-32-67(61-71)65-30-21-31-66(60-65)68-33-23-39-72(62-68)106-89-57-52-83-93(73-40-13-17-46-79(73)103(83)69-34-9-3-10-35-69)99(89)100-90(106)59-55-86-96(100)76-43-16-20-49-82(76)108(86)92-51-25-45-78(102-92)64-28-7-2-8-29-64/h1-62H. The minimum Gasteiger partial charge on any atom is -0.309 e. The first-order valence-electron chi connectivity index (χ1n) is 37.0. The van der Waals surface area contributed by atoms with E-state index in [0.29, 0.717) is 0 Å². The normalized spacial score (nSPS) is 12.1. The van der Waals surface area contributed by atoms with E-state index in [2.05, 4.69) is 404 Å². The molecule has 0 unspecified atom stereocenters. The maximum absolute atomic E-state index is 5.42. The molecule has 15 aromatic carbocycles. The van der Waals surface area contributed by atoms with E-state index in [1.165, 1.54) is 70.2 Å². The van der Waals surface area contributed by atoms with E-state index in [1.807, 2.05) is 0 Å². The van der Waals surface area contributed by atoms with Gasteiger partial charge in [-0.05, 0) is 174 Å². The number of fused-ring (bicyclic) bond motifs is 22. The minimum atomic E-state index is 0.873. The van der Waals surface area contributed by atoms with Crippen molar-refractivity contribution >= 4 is 131 Å². The van der Waals surface area contributed by atoms with E-state index >= 15 is 0 Å². The molecule has 23 rings (SSSR count). The second-order valence-electron chi connectivity index (χ2n) is 28.3. The smallest absolute Gasteiger partial charge is 0.138 e. The molecule has 8 heteroatoms. The van der Waals surface area contributed by atoms with Crippen molar-refractivity contribution in [2.24, 2.45) is 0 Å². The van der Waals surface area contributed by atoms with Gasteiger partial charge in [0, 0.05) is 98.5 Å². The summed E-state index contributed by atoms with van der Waals surface area (Å²) in [7, 11) is 0. The Kier molecular flexibility index (Phi) is 13.0. The lowest BCUT2D eigenvalue weighted by Crippen LogP contribution is -1.98. The monoisotopic (exact) mass is 1370 g/mol. The molecule has 8 aromatic heterocycles. The van der Waals surface area contributed by atoms with Crippen LogP contribution in [0.2, 0.25) is 0 Å². The third kappa shape index (κ3) is 8.80. The van der Waals surface area contributed by atoms with Gasteiger partial charge < -0.3 is 18.3 Å². The Morgan fingerprint density at radius 1 is 0.148 bits per heavy atom. The molecule has 0 aliphatic rings. The van der Waals surface area contributed by atoms with Crippen molar-refractivity contribution in [3.05, 3.63) is 376 Å². The zero-order valence-electron chi connectivity index (χ0n) is 58.4. The second-order valence-corrected chi connectivity index (χ2v) is 28.3. The van der Waals surface area contributed by atoms with Crippen LogP contribution in [0.15, 0.2) is 376 Å². The van der Waals surface area contributed by atoms with Crippen LogP contribution >= 0.6 is 0 Å². The van der Waals surface area contributed by atoms with E-state index in [9.17, 15) is 0 Å². The Balaban J connectivity index is 0.695. The fourth-order valence-corrected chi connectivity index (χ4v) is 18.1. The summed E-state index contributed by atoms with van der Waals surface area (Å²) in [6.45, 7) is 0. The van der Waals surface area contributed by atoms with Crippen LogP contribution in [-0.4, -0.2) is 37.4 Å². The third-order valence-electron chi connectivity index (χ3n) is 22.6. The lowest BCUT2D eigenvalue weighted by atomic mass is 9.98. The van der Waals surface area contributed by atoms with Crippen LogP contribution in [0.4, 0.5) is 0 Å². The zero-order chi connectivity index (χ0) is 70.7. The highest BCUT2D eigenvalue weighted by Gasteiger charge is 2.28. The van der Waals surface area contributed by atoms with Crippen LogP contribution in [0, 0.1) is 0 Å². The van der Waals surface area contributed by atoms with E-state index in [-0.39, 0.29) is 0 Å². The molecule has 23 aromatic rings. The summed E-state index contributed by atoms with van der Waals surface area (Å²) in [4.78, 5) is 10.8. The van der Waals surface area contributed by atoms with Gasteiger partial charge in [0.15, 0.2) is 0 Å². The van der Waals surface area contributed by atoms with Crippen molar-refractivity contribution < 1.29 is 0 Å². The predicted molar refractivity (Wildman–Crippen MR) is 450 cm³/mol. The summed E-state index contributed by atoms with van der Waals surface area (Å²) in [5.74, 6) is 1.75. The predicted octanol–water partition coefficient (Wildman–Crippen LogP) is 25.7. The van der Waals surface area contributed by atoms with Gasteiger partial charge in [-0.25, -0.2) is 9.97 Å². The first-order valence-corrected chi connectivity index (χ1v) is 37.0. The van der Waals surface area contributed by atoms with Gasteiger partial charge in [-0.3, -0.25) is 9.13 Å². The molecular weight excluding hydrogens is 1310 g/mol. The maximum Gasteiger partial charge on any atom is 0.138 e. The lowest BCUT2D eigenvalue weighted by molar-refractivity contribution is 1.08. The number of para-hydroxylation sites is 6. The first kappa shape index (κ1) is 59.9. The molecule has 0 fully saturated rings. The molecule has 0 N–H and O–H groups in total.